The SMILES string of the molecule is CCNC(c1ccsc1)c1ccc2c(c1)oc(=O)n2C. The summed E-state index contributed by atoms with van der Waals surface area (Å²) < 4.78 is 6.79. The maximum Gasteiger partial charge on any atom is 0.419 e. The lowest BCUT2D eigenvalue weighted by Crippen LogP contribution is -2.21. The standard InChI is InChI=1S/C15H16N2O2S/c1-3-16-14(11-6-7-20-9-11)10-4-5-12-13(8-10)19-15(18)17(12)2/h4-9,14,16H,3H2,1-2H3. The molecule has 0 saturated heterocycles. The van der Waals surface area contributed by atoms with Crippen LogP contribution in [-0.4, -0.2) is 11.1 Å². The summed E-state index contributed by atoms with van der Waals surface area (Å²) in [5, 5.41) is 7.68. The van der Waals surface area contributed by atoms with Crippen molar-refractivity contribution in [3.8, 4) is 0 Å². The second kappa shape index (κ2) is 5.26. The largest absolute Gasteiger partial charge is 0.419 e. The Balaban J connectivity index is 2.09. The number of fused-ring (bicyclic) bond motifs is 1. The van der Waals surface area contributed by atoms with Gasteiger partial charge in [-0.1, -0.05) is 13.0 Å². The van der Waals surface area contributed by atoms with Gasteiger partial charge in [-0.15, -0.1) is 0 Å². The zero-order chi connectivity index (χ0) is 14.1. The van der Waals surface area contributed by atoms with Gasteiger partial charge in [0.1, 0.15) is 0 Å². The van der Waals surface area contributed by atoms with Gasteiger partial charge in [-0.2, -0.15) is 11.3 Å². The summed E-state index contributed by atoms with van der Waals surface area (Å²) in [6.07, 6.45) is 0. The maximum atomic E-state index is 11.6. The highest BCUT2D eigenvalue weighted by Crippen LogP contribution is 2.26. The summed E-state index contributed by atoms with van der Waals surface area (Å²) in [6.45, 7) is 2.96. The van der Waals surface area contributed by atoms with Crippen molar-refractivity contribution in [3.05, 3.63) is 56.7 Å². The summed E-state index contributed by atoms with van der Waals surface area (Å²) in [5.41, 5.74) is 3.79. The van der Waals surface area contributed by atoms with Crippen LogP contribution >= 0.6 is 11.3 Å². The van der Waals surface area contributed by atoms with Gasteiger partial charge in [0.2, 0.25) is 0 Å². The number of oxazole rings is 1. The monoisotopic (exact) mass is 288 g/mol. The molecule has 4 nitrogen and oxygen atoms in total. The van der Waals surface area contributed by atoms with E-state index in [1.807, 2.05) is 18.2 Å². The fourth-order valence-corrected chi connectivity index (χ4v) is 3.09. The minimum absolute atomic E-state index is 0.126. The first-order chi connectivity index (χ1) is 9.70. The Morgan fingerprint density at radius 2 is 2.20 bits per heavy atom. The average Bonchev–Trinajstić information content (AvgIpc) is 3.06. The van der Waals surface area contributed by atoms with E-state index >= 15 is 0 Å². The van der Waals surface area contributed by atoms with Gasteiger partial charge in [0, 0.05) is 7.05 Å². The third kappa shape index (κ3) is 2.19. The van der Waals surface area contributed by atoms with Crippen LogP contribution in [0.5, 0.6) is 0 Å². The lowest BCUT2D eigenvalue weighted by atomic mass is 10.0. The molecule has 0 aliphatic heterocycles. The average molecular weight is 288 g/mol. The van der Waals surface area contributed by atoms with E-state index in [0.717, 1.165) is 17.6 Å². The summed E-state index contributed by atoms with van der Waals surface area (Å²) in [4.78, 5) is 11.6. The highest BCUT2D eigenvalue weighted by molar-refractivity contribution is 7.08. The van der Waals surface area contributed by atoms with Crippen LogP contribution in [0.1, 0.15) is 24.1 Å². The number of aryl methyl sites for hydroxylation is 1. The quantitative estimate of drug-likeness (QED) is 0.803. The molecule has 2 heterocycles. The second-order valence-electron chi connectivity index (χ2n) is 4.70. The molecular weight excluding hydrogens is 272 g/mol. The molecular formula is C15H16N2O2S. The van der Waals surface area contributed by atoms with Crippen molar-refractivity contribution in [3.63, 3.8) is 0 Å². The number of thiophene rings is 1. The predicted octanol–water partition coefficient (Wildman–Crippen LogP) is 2.89. The summed E-state index contributed by atoms with van der Waals surface area (Å²) >= 11 is 1.68. The Kier molecular flexibility index (Phi) is 3.46. The zero-order valence-electron chi connectivity index (χ0n) is 11.4. The number of aromatic nitrogens is 1. The van der Waals surface area contributed by atoms with Gasteiger partial charge in [-0.25, -0.2) is 4.79 Å². The van der Waals surface area contributed by atoms with E-state index in [0.29, 0.717) is 5.58 Å². The Hall–Kier alpha value is -1.85. The van der Waals surface area contributed by atoms with Gasteiger partial charge in [0.15, 0.2) is 5.58 Å². The number of benzene rings is 1. The Labute approximate surface area is 120 Å². The van der Waals surface area contributed by atoms with Crippen LogP contribution in [0.25, 0.3) is 11.1 Å². The van der Waals surface area contributed by atoms with E-state index in [1.165, 1.54) is 10.1 Å². The molecule has 1 N–H and O–H groups in total. The third-order valence-corrected chi connectivity index (χ3v) is 4.14. The molecule has 104 valence electrons. The van der Waals surface area contributed by atoms with Gasteiger partial charge in [-0.05, 0) is 46.6 Å². The van der Waals surface area contributed by atoms with Crippen molar-refractivity contribution in [1.82, 2.24) is 9.88 Å². The minimum atomic E-state index is -0.326. The molecule has 3 aromatic rings. The van der Waals surface area contributed by atoms with Crippen molar-refractivity contribution >= 4 is 22.4 Å². The Morgan fingerprint density at radius 1 is 1.35 bits per heavy atom. The molecule has 0 bridgehead atoms. The Morgan fingerprint density at radius 3 is 2.90 bits per heavy atom. The molecule has 0 aliphatic carbocycles. The van der Waals surface area contributed by atoms with Crippen molar-refractivity contribution in [2.24, 2.45) is 7.05 Å². The van der Waals surface area contributed by atoms with Gasteiger partial charge in [-0.3, -0.25) is 4.57 Å². The van der Waals surface area contributed by atoms with Crippen LogP contribution in [0.15, 0.2) is 44.2 Å². The van der Waals surface area contributed by atoms with E-state index in [1.54, 1.807) is 18.4 Å². The molecule has 5 heteroatoms. The molecule has 3 rings (SSSR count). The smallest absolute Gasteiger partial charge is 0.408 e. The van der Waals surface area contributed by atoms with Crippen LogP contribution in [0, 0.1) is 0 Å². The third-order valence-electron chi connectivity index (χ3n) is 3.43. The van der Waals surface area contributed by atoms with E-state index in [9.17, 15) is 4.79 Å². The van der Waals surface area contributed by atoms with E-state index < -0.39 is 0 Å². The number of hydrogen-bond donors (Lipinski definition) is 1. The first-order valence-electron chi connectivity index (χ1n) is 6.55. The molecule has 2 aromatic heterocycles. The van der Waals surface area contributed by atoms with Gasteiger partial charge in [0.05, 0.1) is 11.6 Å². The van der Waals surface area contributed by atoms with Crippen molar-refractivity contribution in [2.75, 3.05) is 6.54 Å². The van der Waals surface area contributed by atoms with E-state index in [4.69, 9.17) is 4.42 Å². The molecule has 0 spiro atoms. The van der Waals surface area contributed by atoms with Crippen molar-refractivity contribution in [1.29, 1.82) is 0 Å². The zero-order valence-corrected chi connectivity index (χ0v) is 12.2. The van der Waals surface area contributed by atoms with Crippen LogP contribution in [0.2, 0.25) is 0 Å². The highest BCUT2D eigenvalue weighted by atomic mass is 32.1. The molecule has 0 amide bonds. The fraction of sp³-hybridized carbons (Fsp3) is 0.267. The minimum Gasteiger partial charge on any atom is -0.408 e. The normalized spacial score (nSPS) is 12.9. The van der Waals surface area contributed by atoms with Crippen LogP contribution < -0.4 is 11.1 Å². The lowest BCUT2D eigenvalue weighted by molar-refractivity contribution is 0.527. The van der Waals surface area contributed by atoms with Gasteiger partial charge >= 0.3 is 5.76 Å². The fourth-order valence-electron chi connectivity index (χ4n) is 2.40. The molecule has 0 saturated carbocycles. The summed E-state index contributed by atoms with van der Waals surface area (Å²) in [5.74, 6) is -0.326. The first kappa shape index (κ1) is 13.1. The molecule has 0 radical (unpaired) electrons. The predicted molar refractivity (Wildman–Crippen MR) is 81.3 cm³/mol. The Bertz CT molecular complexity index is 771. The molecule has 1 atom stereocenters. The van der Waals surface area contributed by atoms with Gasteiger partial charge in [0.25, 0.3) is 0 Å². The van der Waals surface area contributed by atoms with E-state index in [2.05, 4.69) is 29.1 Å². The van der Waals surface area contributed by atoms with Gasteiger partial charge < -0.3 is 9.73 Å². The van der Waals surface area contributed by atoms with Crippen LogP contribution in [-0.2, 0) is 7.05 Å². The number of nitrogens with one attached hydrogen (secondary N) is 1. The number of hydrogen-bond acceptors (Lipinski definition) is 4. The molecule has 1 aromatic carbocycles. The van der Waals surface area contributed by atoms with Crippen LogP contribution in [0.3, 0.4) is 0 Å². The topological polar surface area (TPSA) is 47.2 Å². The summed E-state index contributed by atoms with van der Waals surface area (Å²) in [6, 6.07) is 8.17. The molecule has 20 heavy (non-hydrogen) atoms. The molecule has 0 fully saturated rings. The van der Waals surface area contributed by atoms with Crippen molar-refractivity contribution in [2.45, 2.75) is 13.0 Å². The first-order valence-corrected chi connectivity index (χ1v) is 7.50. The summed E-state index contributed by atoms with van der Waals surface area (Å²) in [7, 11) is 1.72. The number of nitrogens with zero attached hydrogens (tertiary/aromatic N) is 1. The van der Waals surface area contributed by atoms with Crippen molar-refractivity contribution < 1.29 is 4.42 Å². The molecule has 0 aliphatic rings. The number of rotatable bonds is 4. The van der Waals surface area contributed by atoms with E-state index in [-0.39, 0.29) is 11.8 Å². The lowest BCUT2D eigenvalue weighted by Gasteiger charge is -2.17. The van der Waals surface area contributed by atoms with Crippen LogP contribution in [0.4, 0.5) is 0 Å². The second-order valence-corrected chi connectivity index (χ2v) is 5.48. The molecule has 1 unspecified atom stereocenters. The maximum absolute atomic E-state index is 11.6. The highest BCUT2D eigenvalue weighted by Gasteiger charge is 2.15.